The molecule has 0 saturated heterocycles. The predicted molar refractivity (Wildman–Crippen MR) is 118 cm³/mol. The molecule has 0 radical (unpaired) electrons. The summed E-state index contributed by atoms with van der Waals surface area (Å²) in [7, 11) is 0. The summed E-state index contributed by atoms with van der Waals surface area (Å²) in [5, 5.41) is 0. The van der Waals surface area contributed by atoms with Crippen molar-refractivity contribution in [1.29, 1.82) is 0 Å². The molecule has 0 aliphatic rings. The van der Waals surface area contributed by atoms with E-state index in [1.54, 1.807) is 18.2 Å². The second kappa shape index (κ2) is 12.5. The third-order valence-corrected chi connectivity index (χ3v) is 4.87. The summed E-state index contributed by atoms with van der Waals surface area (Å²) < 4.78 is 11.4. The minimum Gasteiger partial charge on any atom is -0.493 e. The van der Waals surface area contributed by atoms with Crippen LogP contribution in [0.25, 0.3) is 0 Å². The van der Waals surface area contributed by atoms with Crippen molar-refractivity contribution in [2.75, 3.05) is 13.2 Å². The monoisotopic (exact) mass is 412 g/mol. The Morgan fingerprint density at radius 2 is 1.60 bits per heavy atom. The summed E-state index contributed by atoms with van der Waals surface area (Å²) in [6.45, 7) is 6.70. The number of carbonyl (C=O) groups excluding carboxylic acids is 2. The second-order valence-corrected chi connectivity index (χ2v) is 7.19. The molecule has 0 spiro atoms. The Balaban J connectivity index is 1.86. The number of rotatable bonds is 11. The maximum Gasteiger partial charge on any atom is 0.276 e. The minimum absolute atomic E-state index is 0.192. The Morgan fingerprint density at radius 3 is 2.33 bits per heavy atom. The maximum absolute atomic E-state index is 12.5. The molecule has 162 valence electrons. The van der Waals surface area contributed by atoms with Gasteiger partial charge in [0.15, 0.2) is 6.61 Å². The van der Waals surface area contributed by atoms with Gasteiger partial charge in [0.1, 0.15) is 11.5 Å². The first-order chi connectivity index (χ1) is 14.6. The van der Waals surface area contributed by atoms with Crippen LogP contribution in [0.5, 0.6) is 11.5 Å². The molecule has 1 unspecified atom stereocenters. The van der Waals surface area contributed by atoms with E-state index in [2.05, 4.69) is 31.6 Å². The van der Waals surface area contributed by atoms with Gasteiger partial charge < -0.3 is 9.47 Å². The van der Waals surface area contributed by atoms with Gasteiger partial charge in [-0.05, 0) is 42.5 Å². The van der Waals surface area contributed by atoms with E-state index >= 15 is 0 Å². The molecule has 0 aliphatic heterocycles. The first-order valence-electron chi connectivity index (χ1n) is 10.6. The average Bonchev–Trinajstić information content (AvgIpc) is 2.78. The van der Waals surface area contributed by atoms with Crippen LogP contribution < -0.4 is 20.3 Å². The summed E-state index contributed by atoms with van der Waals surface area (Å²) in [5.41, 5.74) is 6.26. The zero-order valence-corrected chi connectivity index (χ0v) is 18.1. The lowest BCUT2D eigenvalue weighted by molar-refractivity contribution is -0.123. The molecule has 2 aromatic rings. The van der Waals surface area contributed by atoms with Crippen molar-refractivity contribution in [3.63, 3.8) is 0 Å². The summed E-state index contributed by atoms with van der Waals surface area (Å²) in [6.07, 6.45) is 4.08. The highest BCUT2D eigenvalue weighted by molar-refractivity contribution is 5.97. The maximum atomic E-state index is 12.5. The third kappa shape index (κ3) is 7.10. The van der Waals surface area contributed by atoms with Crippen LogP contribution in [0.1, 0.15) is 68.3 Å². The van der Waals surface area contributed by atoms with E-state index < -0.39 is 11.8 Å². The highest BCUT2D eigenvalue weighted by Crippen LogP contribution is 2.28. The normalized spacial score (nSPS) is 11.4. The van der Waals surface area contributed by atoms with Gasteiger partial charge in [0.2, 0.25) is 0 Å². The molecule has 0 aliphatic carbocycles. The molecule has 0 heterocycles. The van der Waals surface area contributed by atoms with Crippen LogP contribution in [-0.4, -0.2) is 25.0 Å². The minimum atomic E-state index is -0.441. The van der Waals surface area contributed by atoms with Crippen LogP contribution in [0.15, 0.2) is 48.5 Å². The molecule has 6 nitrogen and oxygen atoms in total. The summed E-state index contributed by atoms with van der Waals surface area (Å²) in [6, 6.07) is 14.7. The van der Waals surface area contributed by atoms with Gasteiger partial charge in [-0.2, -0.15) is 0 Å². The molecule has 2 amide bonds. The highest BCUT2D eigenvalue weighted by Gasteiger charge is 2.14. The van der Waals surface area contributed by atoms with Gasteiger partial charge in [-0.3, -0.25) is 20.4 Å². The molecule has 1 atom stereocenters. The molecule has 2 N–H and O–H groups in total. The number of nitrogens with one attached hydrogen (secondary N) is 2. The molecule has 2 aromatic carbocycles. The largest absolute Gasteiger partial charge is 0.493 e. The van der Waals surface area contributed by atoms with Crippen molar-refractivity contribution in [1.82, 2.24) is 10.9 Å². The van der Waals surface area contributed by atoms with Gasteiger partial charge in [0.05, 0.1) is 12.2 Å². The quantitative estimate of drug-likeness (QED) is 0.417. The fourth-order valence-electron chi connectivity index (χ4n) is 2.93. The van der Waals surface area contributed by atoms with Crippen molar-refractivity contribution < 1.29 is 19.1 Å². The van der Waals surface area contributed by atoms with E-state index in [0.29, 0.717) is 29.6 Å². The number of unbranched alkanes of at least 4 members (excludes halogenated alkanes) is 2. The van der Waals surface area contributed by atoms with E-state index in [9.17, 15) is 9.59 Å². The van der Waals surface area contributed by atoms with Crippen molar-refractivity contribution in [2.45, 2.75) is 52.4 Å². The molecule has 0 aromatic heterocycles. The summed E-state index contributed by atoms with van der Waals surface area (Å²) in [5.74, 6) is 0.633. The first-order valence-corrected chi connectivity index (χ1v) is 10.6. The number of hydrogen-bond acceptors (Lipinski definition) is 4. The number of amides is 2. The lowest BCUT2D eigenvalue weighted by atomic mass is 9.98. The first kappa shape index (κ1) is 23.3. The van der Waals surface area contributed by atoms with E-state index in [-0.39, 0.29) is 6.61 Å². The molecule has 0 fully saturated rings. The van der Waals surface area contributed by atoms with Gasteiger partial charge in [-0.1, -0.05) is 63.9 Å². The highest BCUT2D eigenvalue weighted by atomic mass is 16.5. The van der Waals surface area contributed by atoms with Crippen LogP contribution in [0.2, 0.25) is 0 Å². The average molecular weight is 413 g/mol. The Morgan fingerprint density at radius 1 is 0.900 bits per heavy atom. The lowest BCUT2D eigenvalue weighted by Crippen LogP contribution is -2.44. The Bertz CT molecular complexity index is 822. The SMILES string of the molecule is CCCCCOc1ccccc1C(=O)NNC(=O)COc1ccccc1C(C)CC. The van der Waals surface area contributed by atoms with Gasteiger partial charge >= 0.3 is 0 Å². The number of benzene rings is 2. The Hall–Kier alpha value is -3.02. The third-order valence-electron chi connectivity index (χ3n) is 4.87. The zero-order chi connectivity index (χ0) is 21.8. The second-order valence-electron chi connectivity index (χ2n) is 7.19. The van der Waals surface area contributed by atoms with Crippen LogP contribution in [0.4, 0.5) is 0 Å². The van der Waals surface area contributed by atoms with Gasteiger partial charge in [0, 0.05) is 0 Å². The van der Waals surface area contributed by atoms with Crippen LogP contribution >= 0.6 is 0 Å². The van der Waals surface area contributed by atoms with Gasteiger partial charge in [0.25, 0.3) is 11.8 Å². The predicted octanol–water partition coefficient (Wildman–Crippen LogP) is 4.61. The number of hydrazine groups is 1. The van der Waals surface area contributed by atoms with E-state index in [0.717, 1.165) is 31.2 Å². The Kier molecular flexibility index (Phi) is 9.71. The van der Waals surface area contributed by atoms with Crippen molar-refractivity contribution in [3.05, 3.63) is 59.7 Å². The number of hydrogen-bond donors (Lipinski definition) is 2. The van der Waals surface area contributed by atoms with Gasteiger partial charge in [-0.15, -0.1) is 0 Å². The summed E-state index contributed by atoms with van der Waals surface area (Å²) in [4.78, 5) is 24.6. The van der Waals surface area contributed by atoms with Crippen molar-refractivity contribution >= 4 is 11.8 Å². The van der Waals surface area contributed by atoms with Crippen molar-refractivity contribution in [2.24, 2.45) is 0 Å². The molecular formula is C24H32N2O4. The summed E-state index contributed by atoms with van der Waals surface area (Å²) >= 11 is 0. The fourth-order valence-corrected chi connectivity index (χ4v) is 2.93. The molecule has 0 saturated carbocycles. The fraction of sp³-hybridized carbons (Fsp3) is 0.417. The van der Waals surface area contributed by atoms with Crippen LogP contribution in [0, 0.1) is 0 Å². The van der Waals surface area contributed by atoms with Crippen LogP contribution in [-0.2, 0) is 4.79 Å². The molecule has 30 heavy (non-hydrogen) atoms. The smallest absolute Gasteiger partial charge is 0.276 e. The van der Waals surface area contributed by atoms with E-state index in [1.165, 1.54) is 0 Å². The van der Waals surface area contributed by atoms with Crippen LogP contribution in [0.3, 0.4) is 0 Å². The zero-order valence-electron chi connectivity index (χ0n) is 18.1. The number of ether oxygens (including phenoxy) is 2. The standard InChI is InChI=1S/C24H32N2O4/c1-4-6-11-16-29-22-15-10-8-13-20(22)24(28)26-25-23(27)17-30-21-14-9-7-12-19(21)18(3)5-2/h7-10,12-15,18H,4-6,11,16-17H2,1-3H3,(H,25,27)(H,26,28). The molecule has 2 rings (SSSR count). The Labute approximate surface area is 178 Å². The lowest BCUT2D eigenvalue weighted by Gasteiger charge is -2.16. The van der Waals surface area contributed by atoms with Gasteiger partial charge in [-0.25, -0.2) is 0 Å². The molecule has 0 bridgehead atoms. The number of carbonyl (C=O) groups is 2. The van der Waals surface area contributed by atoms with Crippen molar-refractivity contribution in [3.8, 4) is 11.5 Å². The number of para-hydroxylation sites is 2. The molecular weight excluding hydrogens is 380 g/mol. The van der Waals surface area contributed by atoms with E-state index in [4.69, 9.17) is 9.47 Å². The topological polar surface area (TPSA) is 76.7 Å². The molecule has 6 heteroatoms. The van der Waals surface area contributed by atoms with E-state index in [1.807, 2.05) is 30.3 Å².